The Morgan fingerprint density at radius 3 is 1.16 bits per heavy atom. The lowest BCUT2D eigenvalue weighted by atomic mass is 9.99. The van der Waals surface area contributed by atoms with E-state index in [2.05, 4.69) is 67.8 Å². The average molecular weight is 1330 g/mol. The Hall–Kier alpha value is -2.64. The number of aliphatic hydroxyl groups is 5. The Labute approximate surface area is 579 Å². The zero-order chi connectivity index (χ0) is 67.9. The summed E-state index contributed by atoms with van der Waals surface area (Å²) in [5.41, 5.74) is 0. The quantitative estimate of drug-likeness (QED) is 0.0195. The van der Waals surface area contributed by atoms with Crippen LogP contribution in [0.15, 0.2) is 60.8 Å². The molecule has 1 aliphatic heterocycles. The van der Waals surface area contributed by atoms with Gasteiger partial charge in [0.2, 0.25) is 5.91 Å². The highest BCUT2D eigenvalue weighted by molar-refractivity contribution is 5.76. The minimum absolute atomic E-state index is 0.0187. The van der Waals surface area contributed by atoms with E-state index < -0.39 is 49.5 Å². The molecule has 6 N–H and O–H groups in total. The Balaban J connectivity index is 1.86. The molecule has 0 aromatic heterocycles. The van der Waals surface area contributed by atoms with Gasteiger partial charge in [0.25, 0.3) is 0 Å². The summed E-state index contributed by atoms with van der Waals surface area (Å²) in [5.74, 6) is -0.176. The first kappa shape index (κ1) is 89.4. The highest BCUT2D eigenvalue weighted by Crippen LogP contribution is 2.24. The number of hydrogen-bond acceptors (Lipinski definition) is 10. The summed E-state index contributed by atoms with van der Waals surface area (Å²) in [7, 11) is 0. The van der Waals surface area contributed by atoms with Crippen molar-refractivity contribution in [3.8, 4) is 0 Å². The molecule has 0 aliphatic carbocycles. The summed E-state index contributed by atoms with van der Waals surface area (Å²) < 4.78 is 16.7. The van der Waals surface area contributed by atoms with Crippen LogP contribution in [0.5, 0.6) is 0 Å². The van der Waals surface area contributed by atoms with E-state index in [1.165, 1.54) is 295 Å². The topological polar surface area (TPSA) is 175 Å². The Morgan fingerprint density at radius 2 is 0.755 bits per heavy atom. The van der Waals surface area contributed by atoms with Gasteiger partial charge < -0.3 is 45.1 Å². The van der Waals surface area contributed by atoms with Crippen molar-refractivity contribution in [1.29, 1.82) is 0 Å². The fourth-order valence-corrected chi connectivity index (χ4v) is 12.8. The number of ether oxygens (including phenoxy) is 3. The van der Waals surface area contributed by atoms with Crippen molar-refractivity contribution in [3.63, 3.8) is 0 Å². The first-order valence-corrected chi connectivity index (χ1v) is 40.6. The molecule has 0 aromatic carbocycles. The fraction of sp³-hybridized carbons (Fsp3) is 0.855. The number of allylic oxidation sites excluding steroid dienone is 9. The summed E-state index contributed by atoms with van der Waals surface area (Å²) in [4.78, 5) is 25.2. The molecule has 0 radical (unpaired) electrons. The predicted octanol–water partition coefficient (Wildman–Crippen LogP) is 22.0. The molecular formula is C83H153NO10. The van der Waals surface area contributed by atoms with Gasteiger partial charge in [-0.3, -0.25) is 9.59 Å². The smallest absolute Gasteiger partial charge is 0.305 e. The molecule has 7 atom stereocenters. The lowest BCUT2D eigenvalue weighted by Gasteiger charge is -2.40. The summed E-state index contributed by atoms with van der Waals surface area (Å²) in [6.45, 7) is 4.25. The molecule has 1 saturated heterocycles. The van der Waals surface area contributed by atoms with Crippen LogP contribution in [0.4, 0.5) is 0 Å². The minimum atomic E-state index is -1.58. The second-order valence-corrected chi connectivity index (χ2v) is 28.1. The van der Waals surface area contributed by atoms with Gasteiger partial charge in [0.05, 0.1) is 32.0 Å². The van der Waals surface area contributed by atoms with E-state index in [0.717, 1.165) is 70.6 Å². The lowest BCUT2D eigenvalue weighted by Crippen LogP contribution is -2.60. The van der Waals surface area contributed by atoms with Gasteiger partial charge in [-0.1, -0.05) is 357 Å². The SMILES string of the molecule is CC/C=C/CC/C=C/CC/C=C/C(O)C(COC1OC(CO)C(O)C(O)C1O)NC(=O)CCCCCCCCCCCCCCCCCCC/C=C\C/C=C\CCCCCCCCCCCCCCCCCOC(=O)CCCCCCCCCCCCCCCCCCC. The zero-order valence-electron chi connectivity index (χ0n) is 61.4. The number of carbonyl (C=O) groups is 2. The molecule has 1 rings (SSSR count). The molecule has 1 fully saturated rings. The van der Waals surface area contributed by atoms with Gasteiger partial charge in [-0.2, -0.15) is 0 Å². The first-order valence-electron chi connectivity index (χ1n) is 40.6. The number of unbranched alkanes of at least 4 members (excludes halogenated alkanes) is 50. The van der Waals surface area contributed by atoms with Gasteiger partial charge in [0, 0.05) is 12.8 Å². The number of nitrogens with one attached hydrogen (secondary N) is 1. The maximum Gasteiger partial charge on any atom is 0.305 e. The van der Waals surface area contributed by atoms with E-state index >= 15 is 0 Å². The average Bonchev–Trinajstić information content (AvgIpc) is 0.904. The van der Waals surface area contributed by atoms with E-state index in [1.54, 1.807) is 6.08 Å². The normalized spacial score (nSPS) is 17.7. The van der Waals surface area contributed by atoms with E-state index in [9.17, 15) is 35.1 Å². The van der Waals surface area contributed by atoms with E-state index in [1.807, 2.05) is 6.08 Å². The highest BCUT2D eigenvalue weighted by Gasteiger charge is 2.44. The highest BCUT2D eigenvalue weighted by atomic mass is 16.7. The predicted molar refractivity (Wildman–Crippen MR) is 398 cm³/mol. The van der Waals surface area contributed by atoms with Gasteiger partial charge in [-0.05, 0) is 83.5 Å². The fourth-order valence-electron chi connectivity index (χ4n) is 12.8. The van der Waals surface area contributed by atoms with Crippen molar-refractivity contribution in [2.75, 3.05) is 19.8 Å². The third-order valence-electron chi connectivity index (χ3n) is 19.1. The molecule has 1 heterocycles. The Bertz CT molecular complexity index is 1750. The molecule has 7 unspecified atom stereocenters. The van der Waals surface area contributed by atoms with Crippen LogP contribution in [-0.4, -0.2) is 100 Å². The van der Waals surface area contributed by atoms with Gasteiger partial charge >= 0.3 is 5.97 Å². The summed E-state index contributed by atoms with van der Waals surface area (Å²) in [6.07, 6.45) is 87.2. The maximum absolute atomic E-state index is 13.0. The lowest BCUT2D eigenvalue weighted by molar-refractivity contribution is -0.302. The third-order valence-corrected chi connectivity index (χ3v) is 19.1. The van der Waals surface area contributed by atoms with E-state index in [-0.39, 0.29) is 18.5 Å². The van der Waals surface area contributed by atoms with Crippen molar-refractivity contribution in [1.82, 2.24) is 5.32 Å². The van der Waals surface area contributed by atoms with Crippen molar-refractivity contribution >= 4 is 11.9 Å². The van der Waals surface area contributed by atoms with Gasteiger partial charge in [0.15, 0.2) is 6.29 Å². The van der Waals surface area contributed by atoms with Crippen LogP contribution < -0.4 is 5.32 Å². The van der Waals surface area contributed by atoms with Crippen LogP contribution in [0.1, 0.15) is 393 Å². The standard InChI is InChI=1S/C83H153NO10/c1-3-5-7-9-11-13-15-16-17-41-45-48-51-55-59-63-67-71-79(88)92-72-68-64-60-56-52-49-46-43-40-38-36-34-32-30-28-26-24-22-20-18-19-21-23-25-27-29-31-33-35-37-39-42-44-47-50-54-58-62-66-70-78(87)84-75(74-93-83-82(91)81(90)80(89)77(73-85)94-83)76(86)69-65-61-57-53-14-12-10-8-6-4-2/h6,8,14,18-19,22,24,53,65,69,75-77,80-83,85-86,89-91H,3-5,7,9-13,15-17,20-21,23,25-52,54-64,66-68,70-74H2,1-2H3,(H,84,87)/b8-6+,19-18-,24-22-,53-14+,69-65+. The first-order chi connectivity index (χ1) is 46.2. The number of hydrogen-bond donors (Lipinski definition) is 6. The maximum atomic E-state index is 13.0. The van der Waals surface area contributed by atoms with Crippen molar-refractivity contribution in [2.45, 2.75) is 436 Å². The van der Waals surface area contributed by atoms with Crippen LogP contribution in [0.2, 0.25) is 0 Å². The zero-order valence-corrected chi connectivity index (χ0v) is 61.4. The number of rotatable bonds is 72. The third kappa shape index (κ3) is 59.4. The van der Waals surface area contributed by atoms with Gasteiger partial charge in [0.1, 0.15) is 24.4 Å². The largest absolute Gasteiger partial charge is 0.466 e. The summed E-state index contributed by atoms with van der Waals surface area (Å²) in [5, 5.41) is 54.3. The molecule has 0 aromatic rings. The number of amides is 1. The second-order valence-electron chi connectivity index (χ2n) is 28.1. The molecule has 94 heavy (non-hydrogen) atoms. The summed E-state index contributed by atoms with van der Waals surface area (Å²) >= 11 is 0. The molecule has 1 amide bonds. The van der Waals surface area contributed by atoms with Crippen LogP contribution in [0.3, 0.4) is 0 Å². The van der Waals surface area contributed by atoms with Crippen LogP contribution in [0, 0.1) is 0 Å². The molecule has 550 valence electrons. The molecule has 1 aliphatic rings. The van der Waals surface area contributed by atoms with Gasteiger partial charge in [-0.15, -0.1) is 0 Å². The number of aliphatic hydroxyl groups excluding tert-OH is 5. The number of esters is 1. The molecule has 11 heteroatoms. The monoisotopic (exact) mass is 1320 g/mol. The van der Waals surface area contributed by atoms with Crippen LogP contribution in [0.25, 0.3) is 0 Å². The van der Waals surface area contributed by atoms with Crippen LogP contribution >= 0.6 is 0 Å². The Morgan fingerprint density at radius 1 is 0.404 bits per heavy atom. The number of carbonyl (C=O) groups excluding carboxylic acids is 2. The Kier molecular flexibility index (Phi) is 68.1. The molecule has 0 bridgehead atoms. The van der Waals surface area contributed by atoms with Crippen molar-refractivity contribution < 1.29 is 49.3 Å². The van der Waals surface area contributed by atoms with Gasteiger partial charge in [-0.25, -0.2) is 0 Å². The summed E-state index contributed by atoms with van der Waals surface area (Å²) in [6, 6.07) is -0.832. The second kappa shape index (κ2) is 71.6. The molecule has 0 saturated carbocycles. The molecule has 0 spiro atoms. The van der Waals surface area contributed by atoms with Crippen molar-refractivity contribution in [2.24, 2.45) is 0 Å². The van der Waals surface area contributed by atoms with Crippen LogP contribution in [-0.2, 0) is 23.8 Å². The van der Waals surface area contributed by atoms with E-state index in [0.29, 0.717) is 19.4 Å². The molecular weight excluding hydrogens is 1170 g/mol. The molecule has 11 nitrogen and oxygen atoms in total. The van der Waals surface area contributed by atoms with Crippen molar-refractivity contribution in [3.05, 3.63) is 60.8 Å². The van der Waals surface area contributed by atoms with E-state index in [4.69, 9.17) is 14.2 Å². The minimum Gasteiger partial charge on any atom is -0.466 e.